The molecule has 0 aromatic heterocycles. The second-order valence-electron chi connectivity index (χ2n) is 6.22. The third-order valence-corrected chi connectivity index (χ3v) is 4.20. The molecule has 0 saturated carbocycles. The standard InChI is InChI=1S/C20H25NO4/c1-23-20-11-17(12-21-9-10-24-15-18(22)13-21)7-8-19(20)25-14-16-5-3-2-4-6-16/h2-8,11,18,22H,9-10,12-15H2,1H3/t18-/m1/s1. The molecular weight excluding hydrogens is 318 g/mol. The van der Waals surface area contributed by atoms with Crippen molar-refractivity contribution in [1.29, 1.82) is 0 Å². The van der Waals surface area contributed by atoms with E-state index in [9.17, 15) is 5.11 Å². The molecule has 1 saturated heterocycles. The Hall–Kier alpha value is -2.08. The maximum atomic E-state index is 9.85. The van der Waals surface area contributed by atoms with Gasteiger partial charge in [0.05, 0.1) is 26.4 Å². The minimum absolute atomic E-state index is 0.409. The number of rotatable bonds is 6. The molecular formula is C20H25NO4. The second-order valence-corrected chi connectivity index (χ2v) is 6.22. The summed E-state index contributed by atoms with van der Waals surface area (Å²) in [4.78, 5) is 2.19. The lowest BCUT2D eigenvalue weighted by atomic mass is 10.1. The molecule has 0 radical (unpaired) electrons. The van der Waals surface area contributed by atoms with Crippen molar-refractivity contribution in [1.82, 2.24) is 4.90 Å². The van der Waals surface area contributed by atoms with Crippen LogP contribution in [-0.4, -0.2) is 49.5 Å². The number of aliphatic hydroxyl groups is 1. The summed E-state index contributed by atoms with van der Waals surface area (Å²) in [6, 6.07) is 16.0. The van der Waals surface area contributed by atoms with Crippen molar-refractivity contribution >= 4 is 0 Å². The minimum Gasteiger partial charge on any atom is -0.493 e. The third kappa shape index (κ3) is 5.19. The van der Waals surface area contributed by atoms with Gasteiger partial charge in [0.15, 0.2) is 11.5 Å². The molecule has 134 valence electrons. The number of benzene rings is 2. The molecule has 1 aliphatic rings. The van der Waals surface area contributed by atoms with E-state index < -0.39 is 6.10 Å². The topological polar surface area (TPSA) is 51.2 Å². The molecule has 0 bridgehead atoms. The molecule has 5 nitrogen and oxygen atoms in total. The van der Waals surface area contributed by atoms with Crippen LogP contribution in [0.25, 0.3) is 0 Å². The van der Waals surface area contributed by atoms with Gasteiger partial charge < -0.3 is 19.3 Å². The number of aliphatic hydroxyl groups excluding tert-OH is 1. The Kier molecular flexibility index (Phi) is 6.28. The summed E-state index contributed by atoms with van der Waals surface area (Å²) in [5.41, 5.74) is 2.24. The number of nitrogens with zero attached hydrogens (tertiary/aromatic N) is 1. The van der Waals surface area contributed by atoms with Crippen LogP contribution in [0.1, 0.15) is 11.1 Å². The fourth-order valence-corrected chi connectivity index (χ4v) is 2.92. The molecule has 5 heteroatoms. The summed E-state index contributed by atoms with van der Waals surface area (Å²) in [6.45, 7) is 3.74. The van der Waals surface area contributed by atoms with E-state index in [-0.39, 0.29) is 0 Å². The Bertz CT molecular complexity index is 662. The number of methoxy groups -OCH3 is 1. The highest BCUT2D eigenvalue weighted by Gasteiger charge is 2.17. The van der Waals surface area contributed by atoms with Crippen molar-refractivity contribution in [2.24, 2.45) is 0 Å². The second kappa shape index (κ2) is 8.85. The maximum Gasteiger partial charge on any atom is 0.161 e. The zero-order valence-electron chi connectivity index (χ0n) is 14.6. The lowest BCUT2D eigenvalue weighted by Gasteiger charge is -2.21. The van der Waals surface area contributed by atoms with Crippen molar-refractivity contribution in [3.8, 4) is 11.5 Å². The van der Waals surface area contributed by atoms with Crippen molar-refractivity contribution in [3.05, 3.63) is 59.7 Å². The first-order valence-corrected chi connectivity index (χ1v) is 8.56. The van der Waals surface area contributed by atoms with E-state index in [0.29, 0.717) is 26.4 Å². The van der Waals surface area contributed by atoms with E-state index in [4.69, 9.17) is 14.2 Å². The number of ether oxygens (including phenoxy) is 3. The van der Waals surface area contributed by atoms with Crippen molar-refractivity contribution in [2.45, 2.75) is 19.3 Å². The van der Waals surface area contributed by atoms with E-state index >= 15 is 0 Å². The van der Waals surface area contributed by atoms with Crippen LogP contribution in [0.2, 0.25) is 0 Å². The van der Waals surface area contributed by atoms with Gasteiger partial charge in [0.1, 0.15) is 6.61 Å². The van der Waals surface area contributed by atoms with Crippen LogP contribution >= 0.6 is 0 Å². The molecule has 2 aromatic rings. The molecule has 0 spiro atoms. The van der Waals surface area contributed by atoms with Crippen LogP contribution in [0.3, 0.4) is 0 Å². The van der Waals surface area contributed by atoms with E-state index in [2.05, 4.69) is 4.90 Å². The Balaban J connectivity index is 1.64. The quantitative estimate of drug-likeness (QED) is 0.873. The summed E-state index contributed by atoms with van der Waals surface area (Å²) < 4.78 is 16.8. The van der Waals surface area contributed by atoms with Gasteiger partial charge in [-0.1, -0.05) is 36.4 Å². The monoisotopic (exact) mass is 343 g/mol. The minimum atomic E-state index is -0.433. The first-order valence-electron chi connectivity index (χ1n) is 8.56. The average molecular weight is 343 g/mol. The van der Waals surface area contributed by atoms with Gasteiger partial charge in [-0.05, 0) is 23.3 Å². The van der Waals surface area contributed by atoms with Crippen LogP contribution in [-0.2, 0) is 17.9 Å². The largest absolute Gasteiger partial charge is 0.493 e. The first-order chi connectivity index (χ1) is 12.2. The van der Waals surface area contributed by atoms with E-state index in [1.807, 2.05) is 48.5 Å². The Morgan fingerprint density at radius 3 is 2.76 bits per heavy atom. The third-order valence-electron chi connectivity index (χ3n) is 4.20. The van der Waals surface area contributed by atoms with Gasteiger partial charge in [0, 0.05) is 19.6 Å². The molecule has 25 heavy (non-hydrogen) atoms. The number of β-amino-alcohol motifs (C(OH)–C–C–N with tert-alkyl or cyclic N) is 1. The highest BCUT2D eigenvalue weighted by atomic mass is 16.5. The number of hydrogen-bond donors (Lipinski definition) is 1. The molecule has 1 aliphatic heterocycles. The molecule has 3 rings (SSSR count). The maximum absolute atomic E-state index is 9.85. The normalized spacial score (nSPS) is 18.6. The van der Waals surface area contributed by atoms with Gasteiger partial charge in [0.2, 0.25) is 0 Å². The summed E-state index contributed by atoms with van der Waals surface area (Å²) in [5, 5.41) is 9.85. The molecule has 1 fully saturated rings. The van der Waals surface area contributed by atoms with Gasteiger partial charge in [0.25, 0.3) is 0 Å². The fourth-order valence-electron chi connectivity index (χ4n) is 2.92. The van der Waals surface area contributed by atoms with E-state index in [1.54, 1.807) is 7.11 Å². The van der Waals surface area contributed by atoms with Crippen LogP contribution in [0.15, 0.2) is 48.5 Å². The van der Waals surface area contributed by atoms with E-state index in [1.165, 1.54) is 0 Å². The number of hydrogen-bond acceptors (Lipinski definition) is 5. The average Bonchev–Trinajstić information content (AvgIpc) is 2.85. The summed E-state index contributed by atoms with van der Waals surface area (Å²) in [7, 11) is 1.65. The molecule has 0 amide bonds. The van der Waals surface area contributed by atoms with Gasteiger partial charge >= 0.3 is 0 Å². The zero-order valence-corrected chi connectivity index (χ0v) is 14.6. The fraction of sp³-hybridized carbons (Fsp3) is 0.400. The van der Waals surface area contributed by atoms with Crippen molar-refractivity contribution < 1.29 is 19.3 Å². The summed E-state index contributed by atoms with van der Waals surface area (Å²) >= 11 is 0. The predicted octanol–water partition coefficient (Wildman–Crippen LogP) is 2.47. The Morgan fingerprint density at radius 1 is 1.12 bits per heavy atom. The van der Waals surface area contributed by atoms with E-state index in [0.717, 1.165) is 35.7 Å². The Labute approximate surface area is 148 Å². The highest BCUT2D eigenvalue weighted by Crippen LogP contribution is 2.29. The zero-order chi connectivity index (χ0) is 17.5. The lowest BCUT2D eigenvalue weighted by molar-refractivity contribution is 0.0562. The van der Waals surface area contributed by atoms with Crippen LogP contribution < -0.4 is 9.47 Å². The van der Waals surface area contributed by atoms with Gasteiger partial charge in [-0.25, -0.2) is 0 Å². The molecule has 2 aromatic carbocycles. The smallest absolute Gasteiger partial charge is 0.161 e. The van der Waals surface area contributed by atoms with Crippen molar-refractivity contribution in [3.63, 3.8) is 0 Å². The molecule has 1 atom stereocenters. The first kappa shape index (κ1) is 17.7. The summed E-state index contributed by atoms with van der Waals surface area (Å²) in [6.07, 6.45) is -0.433. The highest BCUT2D eigenvalue weighted by molar-refractivity contribution is 5.43. The Morgan fingerprint density at radius 2 is 1.96 bits per heavy atom. The molecule has 0 unspecified atom stereocenters. The molecule has 1 heterocycles. The van der Waals surface area contributed by atoms with Crippen LogP contribution in [0.5, 0.6) is 11.5 Å². The van der Waals surface area contributed by atoms with Crippen LogP contribution in [0.4, 0.5) is 0 Å². The van der Waals surface area contributed by atoms with Gasteiger partial charge in [-0.15, -0.1) is 0 Å². The van der Waals surface area contributed by atoms with Gasteiger partial charge in [-0.3, -0.25) is 4.90 Å². The SMILES string of the molecule is COc1cc(CN2CCOC[C@H](O)C2)ccc1OCc1ccccc1. The predicted molar refractivity (Wildman–Crippen MR) is 95.9 cm³/mol. The molecule has 1 N–H and O–H groups in total. The summed E-state index contributed by atoms with van der Waals surface area (Å²) in [5.74, 6) is 1.45. The van der Waals surface area contributed by atoms with Crippen LogP contribution in [0, 0.1) is 0 Å². The van der Waals surface area contributed by atoms with Gasteiger partial charge in [-0.2, -0.15) is 0 Å². The lowest BCUT2D eigenvalue weighted by Crippen LogP contribution is -2.32. The van der Waals surface area contributed by atoms with Crippen molar-refractivity contribution in [2.75, 3.05) is 33.4 Å². The molecule has 0 aliphatic carbocycles.